The lowest BCUT2D eigenvalue weighted by Crippen LogP contribution is -2.27. The summed E-state index contributed by atoms with van der Waals surface area (Å²) in [5.41, 5.74) is 1.81. The van der Waals surface area contributed by atoms with Crippen molar-refractivity contribution in [2.45, 2.75) is 66.1 Å². The highest BCUT2D eigenvalue weighted by atomic mass is 16.6. The van der Waals surface area contributed by atoms with E-state index in [4.69, 9.17) is 9.47 Å². The molecular formula is C18H27NO4. The maximum absolute atomic E-state index is 11.9. The van der Waals surface area contributed by atoms with Crippen LogP contribution in [0.3, 0.4) is 0 Å². The number of hydrogen-bond donors (Lipinski definition) is 1. The Kier molecular flexibility index (Phi) is 5.81. The lowest BCUT2D eigenvalue weighted by atomic mass is 9.86. The maximum Gasteiger partial charge on any atom is 0.412 e. The molecule has 0 saturated heterocycles. The molecule has 0 aliphatic rings. The summed E-state index contributed by atoms with van der Waals surface area (Å²) < 4.78 is 10.3. The van der Waals surface area contributed by atoms with Crippen molar-refractivity contribution in [1.82, 2.24) is 0 Å². The van der Waals surface area contributed by atoms with E-state index in [2.05, 4.69) is 26.1 Å². The number of amides is 1. The lowest BCUT2D eigenvalue weighted by Gasteiger charge is -2.23. The first-order valence-corrected chi connectivity index (χ1v) is 7.64. The molecule has 1 aromatic carbocycles. The molecule has 0 spiro atoms. The third-order valence-electron chi connectivity index (χ3n) is 2.95. The van der Waals surface area contributed by atoms with Gasteiger partial charge in [0, 0.05) is 12.6 Å². The number of nitrogens with one attached hydrogen (secondary N) is 1. The highest BCUT2D eigenvalue weighted by molar-refractivity contribution is 5.85. The highest BCUT2D eigenvalue weighted by Gasteiger charge is 2.19. The molecule has 0 radical (unpaired) electrons. The van der Waals surface area contributed by atoms with E-state index < -0.39 is 11.7 Å². The molecule has 1 N–H and O–H groups in total. The SMILES string of the molecule is CC(=O)OCc1cc(NC(=O)OC(C)(C)C)cc(C(C)(C)C)c1. The number of esters is 1. The fourth-order valence-electron chi connectivity index (χ4n) is 1.89. The summed E-state index contributed by atoms with van der Waals surface area (Å²) in [4.78, 5) is 23.0. The van der Waals surface area contributed by atoms with E-state index >= 15 is 0 Å². The van der Waals surface area contributed by atoms with Gasteiger partial charge < -0.3 is 9.47 Å². The largest absolute Gasteiger partial charge is 0.461 e. The molecule has 0 bridgehead atoms. The van der Waals surface area contributed by atoms with Crippen molar-refractivity contribution >= 4 is 17.7 Å². The predicted molar refractivity (Wildman–Crippen MR) is 90.5 cm³/mol. The number of ether oxygens (including phenoxy) is 2. The molecule has 0 unspecified atom stereocenters. The van der Waals surface area contributed by atoms with Crippen LogP contribution < -0.4 is 5.32 Å². The summed E-state index contributed by atoms with van der Waals surface area (Å²) in [5, 5.41) is 2.74. The summed E-state index contributed by atoms with van der Waals surface area (Å²) in [6.45, 7) is 13.2. The van der Waals surface area contributed by atoms with Gasteiger partial charge in [0.25, 0.3) is 0 Å². The van der Waals surface area contributed by atoms with E-state index in [0.717, 1.165) is 11.1 Å². The van der Waals surface area contributed by atoms with Gasteiger partial charge in [-0.25, -0.2) is 4.79 Å². The zero-order chi connectivity index (χ0) is 17.8. The molecule has 0 aliphatic carbocycles. The Morgan fingerprint density at radius 1 is 1.04 bits per heavy atom. The van der Waals surface area contributed by atoms with Gasteiger partial charge in [-0.1, -0.05) is 26.8 Å². The van der Waals surface area contributed by atoms with Crippen molar-refractivity contribution in [3.63, 3.8) is 0 Å². The zero-order valence-electron chi connectivity index (χ0n) is 15.1. The van der Waals surface area contributed by atoms with Crippen LogP contribution in [0.1, 0.15) is 59.6 Å². The molecule has 0 heterocycles. The second-order valence-electron chi connectivity index (χ2n) is 7.58. The maximum atomic E-state index is 11.9. The van der Waals surface area contributed by atoms with Crippen molar-refractivity contribution < 1.29 is 19.1 Å². The predicted octanol–water partition coefficient (Wildman–Crippen LogP) is 4.39. The summed E-state index contributed by atoms with van der Waals surface area (Å²) in [5.74, 6) is -0.340. The van der Waals surface area contributed by atoms with Gasteiger partial charge in [-0.2, -0.15) is 0 Å². The molecule has 0 fully saturated rings. The molecule has 0 aliphatic heterocycles. The highest BCUT2D eigenvalue weighted by Crippen LogP contribution is 2.27. The molecule has 0 aromatic heterocycles. The lowest BCUT2D eigenvalue weighted by molar-refractivity contribution is -0.142. The zero-order valence-corrected chi connectivity index (χ0v) is 15.1. The molecule has 5 heteroatoms. The molecule has 0 saturated carbocycles. The van der Waals surface area contributed by atoms with Gasteiger partial charge in [-0.15, -0.1) is 0 Å². The number of carbonyl (C=O) groups is 2. The quantitative estimate of drug-likeness (QED) is 0.838. The van der Waals surface area contributed by atoms with E-state index in [0.29, 0.717) is 5.69 Å². The average molecular weight is 321 g/mol. The van der Waals surface area contributed by atoms with E-state index in [9.17, 15) is 9.59 Å². The molecule has 1 aromatic rings. The first-order valence-electron chi connectivity index (χ1n) is 7.64. The van der Waals surface area contributed by atoms with Gasteiger partial charge in [-0.05, 0) is 49.4 Å². The van der Waals surface area contributed by atoms with Gasteiger partial charge in [0.1, 0.15) is 12.2 Å². The minimum Gasteiger partial charge on any atom is -0.461 e. The fourth-order valence-corrected chi connectivity index (χ4v) is 1.89. The van der Waals surface area contributed by atoms with Crippen LogP contribution in [0.15, 0.2) is 18.2 Å². The second kappa shape index (κ2) is 7.02. The summed E-state index contributed by atoms with van der Waals surface area (Å²) in [6.07, 6.45) is -0.512. The van der Waals surface area contributed by atoms with Crippen LogP contribution in [0, 0.1) is 0 Å². The van der Waals surface area contributed by atoms with Crippen LogP contribution in [-0.2, 0) is 26.3 Å². The van der Waals surface area contributed by atoms with E-state index in [1.165, 1.54) is 6.92 Å². The van der Waals surface area contributed by atoms with Crippen molar-refractivity contribution in [3.05, 3.63) is 29.3 Å². The minimum absolute atomic E-state index is 0.101. The molecule has 5 nitrogen and oxygen atoms in total. The minimum atomic E-state index is -0.563. The van der Waals surface area contributed by atoms with Crippen LogP contribution >= 0.6 is 0 Å². The molecule has 23 heavy (non-hydrogen) atoms. The standard InChI is InChI=1S/C18H27NO4/c1-12(20)22-11-13-8-14(17(2,3)4)10-15(9-13)19-16(21)23-18(5,6)7/h8-10H,11H2,1-7H3,(H,19,21). The van der Waals surface area contributed by atoms with Gasteiger partial charge in [-0.3, -0.25) is 10.1 Å². The molecule has 128 valence electrons. The Bertz CT molecular complexity index is 580. The van der Waals surface area contributed by atoms with E-state index in [-0.39, 0.29) is 18.0 Å². The Morgan fingerprint density at radius 3 is 2.13 bits per heavy atom. The molecule has 1 amide bonds. The van der Waals surface area contributed by atoms with Crippen LogP contribution in [0.25, 0.3) is 0 Å². The Morgan fingerprint density at radius 2 is 1.65 bits per heavy atom. The summed E-state index contributed by atoms with van der Waals surface area (Å²) >= 11 is 0. The molecular weight excluding hydrogens is 294 g/mol. The second-order valence-corrected chi connectivity index (χ2v) is 7.58. The summed E-state index contributed by atoms with van der Waals surface area (Å²) in [7, 11) is 0. The van der Waals surface area contributed by atoms with Gasteiger partial charge >= 0.3 is 12.1 Å². The van der Waals surface area contributed by atoms with Gasteiger partial charge in [0.05, 0.1) is 0 Å². The average Bonchev–Trinajstić information content (AvgIpc) is 2.32. The smallest absolute Gasteiger partial charge is 0.412 e. The van der Waals surface area contributed by atoms with Crippen molar-refractivity contribution in [1.29, 1.82) is 0 Å². The Balaban J connectivity index is 3.03. The van der Waals surface area contributed by atoms with Crippen molar-refractivity contribution in [2.75, 3.05) is 5.32 Å². The first-order chi connectivity index (χ1) is 10.4. The first kappa shape index (κ1) is 19.0. The van der Waals surface area contributed by atoms with Crippen LogP contribution in [-0.4, -0.2) is 17.7 Å². The Labute approximate surface area is 138 Å². The van der Waals surface area contributed by atoms with Crippen LogP contribution in [0.4, 0.5) is 10.5 Å². The third kappa shape index (κ3) is 7.17. The number of anilines is 1. The number of hydrogen-bond acceptors (Lipinski definition) is 4. The number of rotatable bonds is 3. The normalized spacial score (nSPS) is 11.8. The van der Waals surface area contributed by atoms with E-state index in [1.807, 2.05) is 32.9 Å². The van der Waals surface area contributed by atoms with E-state index in [1.54, 1.807) is 6.07 Å². The molecule has 0 atom stereocenters. The Hall–Kier alpha value is -2.04. The summed E-state index contributed by atoms with van der Waals surface area (Å²) in [6, 6.07) is 5.66. The van der Waals surface area contributed by atoms with Crippen LogP contribution in [0.2, 0.25) is 0 Å². The molecule has 1 rings (SSSR count). The topological polar surface area (TPSA) is 64.6 Å². The number of carbonyl (C=O) groups excluding carboxylic acids is 2. The van der Waals surface area contributed by atoms with Gasteiger partial charge in [0.2, 0.25) is 0 Å². The van der Waals surface area contributed by atoms with Crippen LogP contribution in [0.5, 0.6) is 0 Å². The number of benzene rings is 1. The van der Waals surface area contributed by atoms with Crippen molar-refractivity contribution in [3.8, 4) is 0 Å². The third-order valence-corrected chi connectivity index (χ3v) is 2.95. The monoisotopic (exact) mass is 321 g/mol. The van der Waals surface area contributed by atoms with Crippen molar-refractivity contribution in [2.24, 2.45) is 0 Å². The fraction of sp³-hybridized carbons (Fsp3) is 0.556. The van der Waals surface area contributed by atoms with Gasteiger partial charge in [0.15, 0.2) is 0 Å².